The van der Waals surface area contributed by atoms with E-state index in [0.717, 1.165) is 23.5 Å². The minimum atomic E-state index is -1.02. The summed E-state index contributed by atoms with van der Waals surface area (Å²) in [6, 6.07) is 6.28. The third kappa shape index (κ3) is 3.87. The number of hydrogen-bond acceptors (Lipinski definition) is 10. The zero-order valence-electron chi connectivity index (χ0n) is 20.5. The molecule has 2 aliphatic rings. The fourth-order valence-corrected chi connectivity index (χ4v) is 7.58. The Morgan fingerprint density at radius 1 is 0.381 bits per heavy atom. The van der Waals surface area contributed by atoms with Crippen molar-refractivity contribution in [3.8, 4) is 0 Å². The highest BCUT2D eigenvalue weighted by Crippen LogP contribution is 2.45. The van der Waals surface area contributed by atoms with Gasteiger partial charge in [-0.1, -0.05) is 47.8 Å². The molecular weight excluding hydrogens is 592 g/mol. The Labute approximate surface area is 236 Å². The van der Waals surface area contributed by atoms with Gasteiger partial charge >= 0.3 is 22.8 Å². The summed E-state index contributed by atoms with van der Waals surface area (Å²) in [6.45, 7) is 0. The predicted molar refractivity (Wildman–Crippen MR) is 147 cm³/mol. The molecule has 8 N–H and O–H groups in total. The molecule has 0 fully saturated rings. The van der Waals surface area contributed by atoms with Gasteiger partial charge in [0.1, 0.15) is 0 Å². The Bertz CT molecular complexity index is 2140. The summed E-state index contributed by atoms with van der Waals surface area (Å²) in [4.78, 5) is 119. The van der Waals surface area contributed by atoms with E-state index in [0.29, 0.717) is 11.1 Å². The van der Waals surface area contributed by atoms with Crippen molar-refractivity contribution in [3.63, 3.8) is 0 Å². The molecule has 210 valence electrons. The first-order chi connectivity index (χ1) is 20.1. The van der Waals surface area contributed by atoms with Gasteiger partial charge in [0, 0.05) is 0 Å². The van der Waals surface area contributed by atoms with Crippen LogP contribution in [0.5, 0.6) is 0 Å². The first-order valence-corrected chi connectivity index (χ1v) is 13.6. The molecule has 0 unspecified atom stereocenters. The normalized spacial score (nSPS) is 14.1. The quantitative estimate of drug-likeness (QED) is 0.105. The van der Waals surface area contributed by atoms with Gasteiger partial charge < -0.3 is 19.9 Å². The van der Waals surface area contributed by atoms with E-state index in [1.807, 2.05) is 0 Å². The molecule has 0 atom stereocenters. The lowest BCUT2D eigenvalue weighted by Gasteiger charge is -2.27. The highest BCUT2D eigenvalue weighted by atomic mass is 32.2. The van der Waals surface area contributed by atoms with Gasteiger partial charge in [-0.05, 0) is 11.1 Å². The number of aromatic nitrogens is 8. The first-order valence-electron chi connectivity index (χ1n) is 12.0. The molecule has 0 saturated heterocycles. The summed E-state index contributed by atoms with van der Waals surface area (Å²) in [5.41, 5.74) is -4.88. The van der Waals surface area contributed by atoms with Gasteiger partial charge in [0.25, 0.3) is 22.2 Å². The molecule has 1 aromatic carbocycles. The minimum absolute atomic E-state index is 0.0743. The lowest BCUT2D eigenvalue weighted by Crippen LogP contribution is -2.36. The van der Waals surface area contributed by atoms with Crippen LogP contribution in [-0.2, 0) is 0 Å². The second-order valence-corrected chi connectivity index (χ2v) is 11.4. The lowest BCUT2D eigenvalue weighted by molar-refractivity contribution is 0.751. The smallest absolute Gasteiger partial charge is 0.301 e. The van der Waals surface area contributed by atoms with Crippen molar-refractivity contribution in [2.45, 2.75) is 31.9 Å². The number of fused-ring (bicyclic) bond motifs is 4. The van der Waals surface area contributed by atoms with E-state index in [1.54, 1.807) is 24.3 Å². The maximum absolute atomic E-state index is 13.0. The number of hydrogen-bond donors (Lipinski definition) is 8. The molecule has 7 rings (SSSR count). The zero-order chi connectivity index (χ0) is 29.4. The molecule has 6 heterocycles. The second kappa shape index (κ2) is 9.08. The van der Waals surface area contributed by atoms with Crippen molar-refractivity contribution in [2.24, 2.45) is 0 Å². The van der Waals surface area contributed by atoms with Gasteiger partial charge in [-0.2, -0.15) is 0 Å². The van der Waals surface area contributed by atoms with Crippen LogP contribution in [0.3, 0.4) is 0 Å². The summed E-state index contributed by atoms with van der Waals surface area (Å²) in [7, 11) is 0. The Morgan fingerprint density at radius 2 is 0.619 bits per heavy atom. The zero-order valence-corrected chi connectivity index (χ0v) is 22.2. The number of rotatable bonds is 2. The molecule has 0 saturated carbocycles. The molecule has 0 radical (unpaired) electrons. The molecule has 0 aliphatic carbocycles. The van der Waals surface area contributed by atoms with E-state index in [-0.39, 0.29) is 42.4 Å². The molecule has 4 aromatic heterocycles. The summed E-state index contributed by atoms with van der Waals surface area (Å²) < 4.78 is 0. The topological polar surface area (TPSA) is 263 Å². The molecule has 0 bridgehead atoms. The number of benzene rings is 1. The molecule has 18 heteroatoms. The standard InChI is InChI=1S/C24H14N8O8S2/c33-13-9-7(10-14(34)26-22(38)30-18(10)41-17(9)29-21(37)25-13)5-1-2-6(4-3-5)8-11-15(35)27-23(39)31-19(11)42-20-12(8)16(36)28-24(40)32-20/h1-4,7-8H,(H2,25,29,33,37)(H2,26,30,34,38)(H2,27,31,35,39)(H2,28,32,36,40). The van der Waals surface area contributed by atoms with Gasteiger partial charge in [-0.25, -0.2) is 19.2 Å². The highest BCUT2D eigenvalue weighted by molar-refractivity contribution is 7.99. The SMILES string of the molecule is O=c1[nH]c2c(c(=O)[nH]1)C(c1ccc(C3c4c([nH]c(=O)[nH]c4=O)Sc4[nH]c(=O)[nH]c(=O)c43)cc1)c1c([nH]c(=O)[nH]c1=O)S2. The van der Waals surface area contributed by atoms with Crippen LogP contribution in [0.2, 0.25) is 0 Å². The Morgan fingerprint density at radius 3 is 0.857 bits per heavy atom. The molecule has 0 amide bonds. The Balaban J connectivity index is 1.45. The van der Waals surface area contributed by atoms with E-state index in [2.05, 4.69) is 39.9 Å². The van der Waals surface area contributed by atoms with Crippen LogP contribution >= 0.6 is 23.5 Å². The summed E-state index contributed by atoms with van der Waals surface area (Å²) in [6.07, 6.45) is 0. The van der Waals surface area contributed by atoms with E-state index in [4.69, 9.17) is 0 Å². The Kier molecular flexibility index (Phi) is 5.53. The van der Waals surface area contributed by atoms with Crippen molar-refractivity contribution in [3.05, 3.63) is 141 Å². The van der Waals surface area contributed by atoms with Crippen molar-refractivity contribution in [2.75, 3.05) is 0 Å². The molecular formula is C24H14N8O8S2. The molecule has 2 aliphatic heterocycles. The van der Waals surface area contributed by atoms with Gasteiger partial charge in [0.15, 0.2) is 0 Å². The lowest BCUT2D eigenvalue weighted by atomic mass is 9.83. The highest BCUT2D eigenvalue weighted by Gasteiger charge is 2.37. The molecule has 16 nitrogen and oxygen atoms in total. The third-order valence-corrected chi connectivity index (χ3v) is 9.04. The van der Waals surface area contributed by atoms with Crippen LogP contribution in [-0.4, -0.2) is 39.9 Å². The summed E-state index contributed by atoms with van der Waals surface area (Å²) >= 11 is 1.73. The fraction of sp³-hybridized carbons (Fsp3) is 0.0833. The minimum Gasteiger partial charge on any atom is -0.301 e. The van der Waals surface area contributed by atoms with Gasteiger partial charge in [0.05, 0.1) is 54.2 Å². The van der Waals surface area contributed by atoms with E-state index in [1.165, 1.54) is 0 Å². The van der Waals surface area contributed by atoms with E-state index in [9.17, 15) is 38.4 Å². The average molecular weight is 607 g/mol. The van der Waals surface area contributed by atoms with Gasteiger partial charge in [0.2, 0.25) is 0 Å². The monoisotopic (exact) mass is 606 g/mol. The largest absolute Gasteiger partial charge is 0.326 e. The number of nitrogens with one attached hydrogen (secondary N) is 8. The number of H-pyrrole nitrogens is 8. The maximum Gasteiger partial charge on any atom is 0.326 e. The average Bonchev–Trinajstić information content (AvgIpc) is 2.90. The van der Waals surface area contributed by atoms with Crippen molar-refractivity contribution < 1.29 is 0 Å². The number of aromatic amines is 8. The van der Waals surface area contributed by atoms with Crippen LogP contribution in [0.15, 0.2) is 82.7 Å². The molecule has 5 aromatic rings. The van der Waals surface area contributed by atoms with E-state index < -0.39 is 56.8 Å². The Hall–Kier alpha value is -5.36. The predicted octanol–water partition coefficient (Wildman–Crippen LogP) is -1.52. The summed E-state index contributed by atoms with van der Waals surface area (Å²) in [5, 5.41) is 0.573. The van der Waals surface area contributed by atoms with Gasteiger partial charge in [-0.3, -0.25) is 39.1 Å². The first kappa shape index (κ1) is 25.6. The van der Waals surface area contributed by atoms with Crippen LogP contribution in [0.4, 0.5) is 0 Å². The van der Waals surface area contributed by atoms with Crippen LogP contribution in [0, 0.1) is 0 Å². The maximum atomic E-state index is 13.0. The van der Waals surface area contributed by atoms with Crippen LogP contribution in [0.1, 0.15) is 45.2 Å². The third-order valence-electron chi connectivity index (χ3n) is 6.94. The second-order valence-electron chi connectivity index (χ2n) is 9.34. The van der Waals surface area contributed by atoms with Crippen LogP contribution in [0.25, 0.3) is 0 Å². The fourth-order valence-electron chi connectivity index (χ4n) is 5.31. The van der Waals surface area contributed by atoms with Crippen LogP contribution < -0.4 is 45.0 Å². The summed E-state index contributed by atoms with van der Waals surface area (Å²) in [5.74, 6) is -2.04. The van der Waals surface area contributed by atoms with E-state index >= 15 is 0 Å². The van der Waals surface area contributed by atoms with Crippen molar-refractivity contribution >= 4 is 23.5 Å². The molecule has 42 heavy (non-hydrogen) atoms. The van der Waals surface area contributed by atoms with Gasteiger partial charge in [-0.15, -0.1) is 0 Å². The van der Waals surface area contributed by atoms with Crippen molar-refractivity contribution in [1.29, 1.82) is 0 Å². The van der Waals surface area contributed by atoms with Crippen molar-refractivity contribution in [1.82, 2.24) is 39.9 Å². The molecule has 0 spiro atoms.